The van der Waals surface area contributed by atoms with E-state index in [1.807, 2.05) is 12.1 Å². The summed E-state index contributed by atoms with van der Waals surface area (Å²) in [6.45, 7) is 0.895. The van der Waals surface area contributed by atoms with Crippen LogP contribution in [-0.4, -0.2) is 22.2 Å². The van der Waals surface area contributed by atoms with Gasteiger partial charge in [0, 0.05) is 23.4 Å². The quantitative estimate of drug-likeness (QED) is 0.742. The molecule has 0 saturated heterocycles. The lowest BCUT2D eigenvalue weighted by atomic mass is 10.1. The molecule has 1 amide bonds. The van der Waals surface area contributed by atoms with Crippen LogP contribution in [-0.2, 0) is 17.8 Å². The van der Waals surface area contributed by atoms with Gasteiger partial charge < -0.3 is 5.32 Å². The molecule has 0 saturated carbocycles. The first-order valence-corrected chi connectivity index (χ1v) is 8.12. The molecule has 1 N–H and O–H groups in total. The molecule has 0 fully saturated rings. The van der Waals surface area contributed by atoms with E-state index in [0.717, 1.165) is 10.9 Å². The van der Waals surface area contributed by atoms with Crippen LogP contribution in [0.5, 0.6) is 0 Å². The van der Waals surface area contributed by atoms with Crippen LogP contribution in [0.25, 0.3) is 10.9 Å². The first-order chi connectivity index (χ1) is 11.6. The van der Waals surface area contributed by atoms with E-state index >= 15 is 0 Å². The fraction of sp³-hybridized carbons (Fsp3) is 0.222. The van der Waals surface area contributed by atoms with Gasteiger partial charge in [-0.05, 0) is 36.2 Å². The number of amides is 1. The molecule has 3 rings (SSSR count). The van der Waals surface area contributed by atoms with Gasteiger partial charge in [-0.15, -0.1) is 0 Å². The normalized spacial score (nSPS) is 10.9. The summed E-state index contributed by atoms with van der Waals surface area (Å²) in [5.74, 6) is -0.322. The Balaban J connectivity index is 1.49. The summed E-state index contributed by atoms with van der Waals surface area (Å²) in [5, 5.41) is 8.69. The molecular formula is C18H17ClFN3O. The van der Waals surface area contributed by atoms with Gasteiger partial charge in [0.05, 0.1) is 18.3 Å². The van der Waals surface area contributed by atoms with Gasteiger partial charge in [0.25, 0.3) is 0 Å². The maximum absolute atomic E-state index is 13.5. The van der Waals surface area contributed by atoms with Gasteiger partial charge in [0.15, 0.2) is 0 Å². The van der Waals surface area contributed by atoms with Crippen LogP contribution in [0.3, 0.4) is 0 Å². The number of carbonyl (C=O) groups is 1. The number of benzene rings is 2. The van der Waals surface area contributed by atoms with Gasteiger partial charge in [-0.1, -0.05) is 29.8 Å². The largest absolute Gasteiger partial charge is 0.356 e. The van der Waals surface area contributed by atoms with Crippen molar-refractivity contribution in [2.45, 2.75) is 19.4 Å². The summed E-state index contributed by atoms with van der Waals surface area (Å²) in [6.07, 6.45) is 2.52. The van der Waals surface area contributed by atoms with E-state index in [2.05, 4.69) is 10.4 Å². The van der Waals surface area contributed by atoms with Crippen molar-refractivity contribution in [3.63, 3.8) is 0 Å². The van der Waals surface area contributed by atoms with E-state index in [-0.39, 0.29) is 11.7 Å². The molecule has 0 aliphatic carbocycles. The molecule has 0 atom stereocenters. The molecule has 6 heteroatoms. The van der Waals surface area contributed by atoms with Crippen LogP contribution in [0, 0.1) is 5.82 Å². The minimum Gasteiger partial charge on any atom is -0.356 e. The third-order valence-corrected chi connectivity index (χ3v) is 4.06. The molecule has 1 heterocycles. The topological polar surface area (TPSA) is 46.9 Å². The van der Waals surface area contributed by atoms with E-state index in [4.69, 9.17) is 11.6 Å². The van der Waals surface area contributed by atoms with Gasteiger partial charge >= 0.3 is 0 Å². The predicted octanol–water partition coefficient (Wildman–Crippen LogP) is 3.58. The highest BCUT2D eigenvalue weighted by Crippen LogP contribution is 2.19. The summed E-state index contributed by atoms with van der Waals surface area (Å²) in [6, 6.07) is 12.1. The van der Waals surface area contributed by atoms with Crippen molar-refractivity contribution in [3.8, 4) is 0 Å². The minimum atomic E-state index is -0.242. The van der Waals surface area contributed by atoms with Gasteiger partial charge in [-0.3, -0.25) is 9.48 Å². The molecule has 0 unspecified atom stereocenters. The molecule has 0 spiro atoms. The highest BCUT2D eigenvalue weighted by molar-refractivity contribution is 6.31. The molecule has 4 nitrogen and oxygen atoms in total. The summed E-state index contributed by atoms with van der Waals surface area (Å²) < 4.78 is 15.3. The molecule has 0 aliphatic heterocycles. The van der Waals surface area contributed by atoms with Crippen LogP contribution in [0.4, 0.5) is 4.39 Å². The van der Waals surface area contributed by atoms with Crippen LogP contribution in [0.15, 0.2) is 48.7 Å². The smallest absolute Gasteiger partial charge is 0.221 e. The number of nitrogens with one attached hydrogen (secondary N) is 1. The lowest BCUT2D eigenvalue weighted by molar-refractivity contribution is -0.121. The number of halogens is 2. The van der Waals surface area contributed by atoms with E-state index in [1.165, 1.54) is 6.07 Å². The van der Waals surface area contributed by atoms with Crippen LogP contribution >= 0.6 is 11.6 Å². The number of rotatable bonds is 6. The Morgan fingerprint density at radius 2 is 2.08 bits per heavy atom. The lowest BCUT2D eigenvalue weighted by Gasteiger charge is -2.07. The zero-order valence-electron chi connectivity index (χ0n) is 13.0. The Morgan fingerprint density at radius 3 is 2.92 bits per heavy atom. The second-order valence-corrected chi connectivity index (χ2v) is 5.95. The summed E-state index contributed by atoms with van der Waals surface area (Å²) >= 11 is 5.95. The highest BCUT2D eigenvalue weighted by atomic mass is 35.5. The van der Waals surface area contributed by atoms with Crippen molar-refractivity contribution in [2.24, 2.45) is 0 Å². The van der Waals surface area contributed by atoms with Crippen molar-refractivity contribution >= 4 is 28.4 Å². The zero-order chi connectivity index (χ0) is 16.9. The second kappa shape index (κ2) is 7.45. The second-order valence-electron chi connectivity index (χ2n) is 5.51. The fourth-order valence-electron chi connectivity index (χ4n) is 2.57. The van der Waals surface area contributed by atoms with Gasteiger partial charge in [0.1, 0.15) is 5.82 Å². The Morgan fingerprint density at radius 1 is 1.25 bits per heavy atom. The number of nitrogens with zero attached hydrogens (tertiary/aromatic N) is 2. The molecule has 24 heavy (non-hydrogen) atoms. The summed E-state index contributed by atoms with van der Waals surface area (Å²) in [7, 11) is 0. The number of aromatic nitrogens is 2. The third kappa shape index (κ3) is 3.92. The standard InChI is InChI=1S/C18H17ClFN3O/c19-15-5-6-17-14(11-15)12-22-23(17)10-8-18(24)21-9-7-13-3-1-2-4-16(13)20/h1-6,11-12H,7-10H2,(H,21,24). The van der Waals surface area contributed by atoms with Crippen molar-refractivity contribution in [2.75, 3.05) is 6.54 Å². The van der Waals surface area contributed by atoms with Crippen LogP contribution in [0.2, 0.25) is 5.02 Å². The summed E-state index contributed by atoms with van der Waals surface area (Å²) in [5.41, 5.74) is 1.55. The average molecular weight is 346 g/mol. The number of hydrogen-bond acceptors (Lipinski definition) is 2. The first kappa shape index (κ1) is 16.5. The van der Waals surface area contributed by atoms with Gasteiger partial charge in [-0.25, -0.2) is 4.39 Å². The predicted molar refractivity (Wildman–Crippen MR) is 92.5 cm³/mol. The zero-order valence-corrected chi connectivity index (χ0v) is 13.8. The van der Waals surface area contributed by atoms with E-state index in [9.17, 15) is 9.18 Å². The highest BCUT2D eigenvalue weighted by Gasteiger charge is 2.07. The molecule has 0 bridgehead atoms. The third-order valence-electron chi connectivity index (χ3n) is 3.83. The molecule has 0 radical (unpaired) electrons. The molecular weight excluding hydrogens is 329 g/mol. The monoisotopic (exact) mass is 345 g/mol. The Hall–Kier alpha value is -2.40. The summed E-state index contributed by atoms with van der Waals surface area (Å²) in [4.78, 5) is 11.9. The van der Waals surface area contributed by atoms with Gasteiger partial charge in [-0.2, -0.15) is 5.10 Å². The molecule has 124 valence electrons. The van der Waals surface area contributed by atoms with Crippen molar-refractivity contribution in [1.82, 2.24) is 15.1 Å². The molecule has 2 aromatic carbocycles. The lowest BCUT2D eigenvalue weighted by Crippen LogP contribution is -2.26. The van der Waals surface area contributed by atoms with Crippen LogP contribution in [0.1, 0.15) is 12.0 Å². The number of fused-ring (bicyclic) bond motifs is 1. The maximum Gasteiger partial charge on any atom is 0.221 e. The van der Waals surface area contributed by atoms with Crippen molar-refractivity contribution in [3.05, 3.63) is 65.1 Å². The minimum absolute atomic E-state index is 0.0797. The molecule has 3 aromatic rings. The Labute approximate surface area is 144 Å². The van der Waals surface area contributed by atoms with Crippen molar-refractivity contribution < 1.29 is 9.18 Å². The van der Waals surface area contributed by atoms with E-state index in [0.29, 0.717) is 36.5 Å². The molecule has 1 aromatic heterocycles. The number of aryl methyl sites for hydroxylation is 1. The number of hydrogen-bond donors (Lipinski definition) is 1. The van der Waals surface area contributed by atoms with Crippen molar-refractivity contribution in [1.29, 1.82) is 0 Å². The Kier molecular flexibility index (Phi) is 5.11. The SMILES string of the molecule is O=C(CCn1ncc2cc(Cl)ccc21)NCCc1ccccc1F. The van der Waals surface area contributed by atoms with Gasteiger partial charge in [0.2, 0.25) is 5.91 Å². The van der Waals surface area contributed by atoms with E-state index < -0.39 is 0 Å². The maximum atomic E-state index is 13.5. The Bertz CT molecular complexity index is 862. The number of carbonyl (C=O) groups excluding carboxylic acids is 1. The molecule has 0 aliphatic rings. The van der Waals surface area contributed by atoms with Crippen LogP contribution < -0.4 is 5.32 Å². The first-order valence-electron chi connectivity index (χ1n) is 7.74. The fourth-order valence-corrected chi connectivity index (χ4v) is 2.75. The average Bonchev–Trinajstić information content (AvgIpc) is 2.97. The van der Waals surface area contributed by atoms with E-state index in [1.54, 1.807) is 35.1 Å².